The van der Waals surface area contributed by atoms with Gasteiger partial charge in [0.2, 0.25) is 8.32 Å². The van der Waals surface area contributed by atoms with Crippen molar-refractivity contribution in [3.8, 4) is 5.75 Å². The van der Waals surface area contributed by atoms with Gasteiger partial charge in [0.1, 0.15) is 12.4 Å². The molecule has 1 nitrogen and oxygen atoms in total. The van der Waals surface area contributed by atoms with E-state index < -0.39 is 15.0 Å². The molecule has 0 unspecified atom stereocenters. The largest absolute Gasteiger partial charge is 0.543 e. The Morgan fingerprint density at radius 1 is 1.19 bits per heavy atom. The minimum Gasteiger partial charge on any atom is -0.543 e. The number of hydrogen-bond donors (Lipinski definition) is 0. The summed E-state index contributed by atoms with van der Waals surface area (Å²) in [6.45, 7) is 10.4. The first kappa shape index (κ1) is 13.2. The first-order chi connectivity index (χ1) is 7.28. The fraction of sp³-hybridized carbons (Fsp3) is 0.538. The van der Waals surface area contributed by atoms with Crippen LogP contribution in [0.25, 0.3) is 0 Å². The molecule has 0 aliphatic heterocycles. The monoisotopic (exact) mass is 240 g/mol. The Hall–Kier alpha value is -0.833. The molecule has 0 bridgehead atoms. The average molecular weight is 240 g/mol. The Balaban J connectivity index is 2.96. The number of benzene rings is 1. The lowest BCUT2D eigenvalue weighted by Crippen LogP contribution is -2.44. The summed E-state index contributed by atoms with van der Waals surface area (Å²) < 4.78 is 18.9. The summed E-state index contributed by atoms with van der Waals surface area (Å²) in [5.74, 6) is 0.705. The van der Waals surface area contributed by atoms with E-state index in [0.29, 0.717) is 11.3 Å². The van der Waals surface area contributed by atoms with Crippen LogP contribution in [0.15, 0.2) is 24.3 Å². The summed E-state index contributed by atoms with van der Waals surface area (Å²) in [6.07, 6.45) is 0. The highest BCUT2D eigenvalue weighted by Crippen LogP contribution is 2.38. The summed E-state index contributed by atoms with van der Waals surface area (Å²) in [6, 6.07) is 7.37. The van der Waals surface area contributed by atoms with Crippen LogP contribution >= 0.6 is 0 Å². The summed E-state index contributed by atoms with van der Waals surface area (Å²) >= 11 is 0. The normalized spacial score (nSPS) is 12.6. The third kappa shape index (κ3) is 2.85. The highest BCUT2D eigenvalue weighted by Gasteiger charge is 2.39. The molecule has 1 aromatic carbocycles. The van der Waals surface area contributed by atoms with Gasteiger partial charge in [0.25, 0.3) is 0 Å². The molecule has 0 aliphatic rings. The van der Waals surface area contributed by atoms with E-state index in [1.54, 1.807) is 6.07 Å². The second-order valence-electron chi connectivity index (χ2n) is 5.60. The van der Waals surface area contributed by atoms with E-state index in [1.807, 2.05) is 18.2 Å². The van der Waals surface area contributed by atoms with Crippen LogP contribution in [0.1, 0.15) is 26.3 Å². The Bertz CT molecular complexity index is 355. The quantitative estimate of drug-likeness (QED) is 0.705. The van der Waals surface area contributed by atoms with Crippen LogP contribution in [0.2, 0.25) is 18.1 Å². The van der Waals surface area contributed by atoms with Crippen LogP contribution in [0.4, 0.5) is 4.39 Å². The molecule has 1 aromatic rings. The molecule has 0 N–H and O–H groups in total. The van der Waals surface area contributed by atoms with Gasteiger partial charge in [-0.15, -0.1) is 0 Å². The zero-order chi connectivity index (χ0) is 12.4. The molecule has 0 spiro atoms. The van der Waals surface area contributed by atoms with Crippen LogP contribution in [-0.4, -0.2) is 8.32 Å². The maximum atomic E-state index is 12.8. The van der Waals surface area contributed by atoms with E-state index >= 15 is 0 Å². The predicted octanol–water partition coefficient (Wildman–Crippen LogP) is 4.54. The molecule has 0 radical (unpaired) electrons. The highest BCUT2D eigenvalue weighted by molar-refractivity contribution is 6.74. The lowest BCUT2D eigenvalue weighted by Gasteiger charge is -2.36. The Labute approximate surface area is 98.8 Å². The molecule has 0 aliphatic carbocycles. The predicted molar refractivity (Wildman–Crippen MR) is 69.1 cm³/mol. The summed E-state index contributed by atoms with van der Waals surface area (Å²) in [4.78, 5) is 0. The molecule has 3 heteroatoms. The molecule has 0 aromatic heterocycles. The van der Waals surface area contributed by atoms with Crippen molar-refractivity contribution >= 4 is 8.32 Å². The van der Waals surface area contributed by atoms with Crippen molar-refractivity contribution in [2.75, 3.05) is 0 Å². The van der Waals surface area contributed by atoms with Crippen LogP contribution in [0.5, 0.6) is 5.75 Å². The van der Waals surface area contributed by atoms with Gasteiger partial charge in [0, 0.05) is 5.56 Å². The van der Waals surface area contributed by atoms with Gasteiger partial charge in [-0.2, -0.15) is 0 Å². The van der Waals surface area contributed by atoms with Crippen LogP contribution in [-0.2, 0) is 6.67 Å². The van der Waals surface area contributed by atoms with Gasteiger partial charge < -0.3 is 4.43 Å². The van der Waals surface area contributed by atoms with Crippen molar-refractivity contribution in [3.05, 3.63) is 29.8 Å². The smallest absolute Gasteiger partial charge is 0.250 e. The maximum Gasteiger partial charge on any atom is 0.250 e. The van der Waals surface area contributed by atoms with Crippen LogP contribution in [0.3, 0.4) is 0 Å². The van der Waals surface area contributed by atoms with Crippen molar-refractivity contribution in [2.45, 2.75) is 45.6 Å². The molecular weight excluding hydrogens is 219 g/mol. The number of rotatable bonds is 3. The molecule has 0 fully saturated rings. The van der Waals surface area contributed by atoms with E-state index in [9.17, 15) is 4.39 Å². The second kappa shape index (κ2) is 4.58. The van der Waals surface area contributed by atoms with E-state index in [1.165, 1.54) is 0 Å². The van der Waals surface area contributed by atoms with Crippen LogP contribution < -0.4 is 4.43 Å². The number of hydrogen-bond acceptors (Lipinski definition) is 1. The minimum absolute atomic E-state index is 0.135. The average Bonchev–Trinajstić information content (AvgIpc) is 2.16. The first-order valence-corrected chi connectivity index (χ1v) is 8.51. The SMILES string of the molecule is CC(C)(C)[Si](C)(C)Oc1ccccc1CF. The second-order valence-corrected chi connectivity index (χ2v) is 10.3. The summed E-state index contributed by atoms with van der Waals surface area (Å²) in [5.41, 5.74) is 0.646. The van der Waals surface area contributed by atoms with Gasteiger partial charge in [-0.25, -0.2) is 4.39 Å². The van der Waals surface area contributed by atoms with Gasteiger partial charge >= 0.3 is 0 Å². The Morgan fingerprint density at radius 2 is 1.75 bits per heavy atom. The third-order valence-electron chi connectivity index (χ3n) is 3.29. The molecule has 0 heterocycles. The molecule has 0 atom stereocenters. The van der Waals surface area contributed by atoms with E-state index in [2.05, 4.69) is 33.9 Å². The van der Waals surface area contributed by atoms with Crippen molar-refractivity contribution in [1.29, 1.82) is 0 Å². The fourth-order valence-corrected chi connectivity index (χ4v) is 2.20. The highest BCUT2D eigenvalue weighted by atomic mass is 28.4. The lowest BCUT2D eigenvalue weighted by molar-refractivity contribution is 0.449. The summed E-state index contributed by atoms with van der Waals surface area (Å²) in [7, 11) is -1.86. The molecular formula is C13H21FOSi. The van der Waals surface area contributed by atoms with E-state index in [4.69, 9.17) is 4.43 Å². The molecule has 90 valence electrons. The topological polar surface area (TPSA) is 9.23 Å². The number of para-hydroxylation sites is 1. The lowest BCUT2D eigenvalue weighted by atomic mass is 10.2. The Kier molecular flexibility index (Phi) is 3.78. The van der Waals surface area contributed by atoms with Crippen LogP contribution in [0, 0.1) is 0 Å². The van der Waals surface area contributed by atoms with Crippen molar-refractivity contribution in [1.82, 2.24) is 0 Å². The van der Waals surface area contributed by atoms with E-state index in [0.717, 1.165) is 0 Å². The first-order valence-electron chi connectivity index (χ1n) is 5.61. The molecule has 0 amide bonds. The molecule has 0 saturated carbocycles. The zero-order valence-electron chi connectivity index (χ0n) is 10.8. The van der Waals surface area contributed by atoms with Gasteiger partial charge in [-0.3, -0.25) is 0 Å². The van der Waals surface area contributed by atoms with Gasteiger partial charge in [-0.1, -0.05) is 39.0 Å². The third-order valence-corrected chi connectivity index (χ3v) is 7.63. The van der Waals surface area contributed by atoms with Crippen molar-refractivity contribution in [3.63, 3.8) is 0 Å². The minimum atomic E-state index is -1.86. The summed E-state index contributed by atoms with van der Waals surface area (Å²) in [5, 5.41) is 0.135. The number of halogens is 1. The molecule has 16 heavy (non-hydrogen) atoms. The molecule has 1 rings (SSSR count). The maximum absolute atomic E-state index is 12.8. The van der Waals surface area contributed by atoms with Crippen molar-refractivity contribution < 1.29 is 8.82 Å². The van der Waals surface area contributed by atoms with E-state index in [-0.39, 0.29) is 5.04 Å². The van der Waals surface area contributed by atoms with Crippen molar-refractivity contribution in [2.24, 2.45) is 0 Å². The standard InChI is InChI=1S/C13H21FOSi/c1-13(2,3)16(4,5)15-12-9-7-6-8-11(12)10-14/h6-9H,10H2,1-5H3. The fourth-order valence-electron chi connectivity index (χ4n) is 1.14. The van der Waals surface area contributed by atoms with Gasteiger partial charge in [-0.05, 0) is 24.2 Å². The van der Waals surface area contributed by atoms with Gasteiger partial charge in [0.05, 0.1) is 0 Å². The van der Waals surface area contributed by atoms with Gasteiger partial charge in [0.15, 0.2) is 0 Å². The number of alkyl halides is 1. The Morgan fingerprint density at radius 3 is 2.25 bits per heavy atom. The zero-order valence-corrected chi connectivity index (χ0v) is 11.8. The molecule has 0 saturated heterocycles.